The molecular formula is C22H30N2O4S. The second-order valence-corrected chi connectivity index (χ2v) is 9.24. The van der Waals surface area contributed by atoms with E-state index < -0.39 is 10.0 Å². The number of amides is 1. The minimum absolute atomic E-state index is 0.191. The van der Waals surface area contributed by atoms with Crippen LogP contribution in [-0.2, 0) is 14.8 Å². The summed E-state index contributed by atoms with van der Waals surface area (Å²) in [5, 5.41) is 2.98. The summed E-state index contributed by atoms with van der Waals surface area (Å²) in [6, 6.07) is 11.1. The number of sulfonamides is 1. The molecule has 2 aromatic carbocycles. The Morgan fingerprint density at radius 2 is 1.72 bits per heavy atom. The normalized spacial score (nSPS) is 12.3. The summed E-state index contributed by atoms with van der Waals surface area (Å²) in [6.07, 6.45) is 1.78. The molecule has 0 aromatic heterocycles. The van der Waals surface area contributed by atoms with Crippen LogP contribution in [0.1, 0.15) is 41.6 Å². The lowest BCUT2D eigenvalue weighted by Gasteiger charge is -2.26. The average molecular weight is 419 g/mol. The third kappa shape index (κ3) is 5.73. The molecule has 158 valence electrons. The number of anilines is 1. The smallest absolute Gasteiger partial charge is 0.241 e. The Kier molecular flexibility index (Phi) is 7.30. The zero-order valence-corrected chi connectivity index (χ0v) is 18.8. The third-order valence-corrected chi connectivity index (χ3v) is 5.96. The lowest BCUT2D eigenvalue weighted by molar-refractivity contribution is -0.120. The molecule has 1 amide bonds. The third-order valence-electron chi connectivity index (χ3n) is 4.83. The minimum atomic E-state index is -3.69. The number of aryl methyl sites for hydroxylation is 3. The maximum absolute atomic E-state index is 12.8. The largest absolute Gasteiger partial charge is 0.495 e. The predicted octanol–water partition coefficient (Wildman–Crippen LogP) is 3.65. The van der Waals surface area contributed by atoms with Gasteiger partial charge in [0.1, 0.15) is 12.3 Å². The molecule has 0 saturated heterocycles. The van der Waals surface area contributed by atoms with Gasteiger partial charge in [-0.15, -0.1) is 0 Å². The molecule has 2 aromatic rings. The Hall–Kier alpha value is -2.54. The SMILES string of the molecule is CC[C@H](NC(=O)CN(c1cc(C)ccc1OC)S(C)(=O)=O)c1ccc(C)cc1C. The summed E-state index contributed by atoms with van der Waals surface area (Å²) >= 11 is 0. The Labute approximate surface area is 173 Å². The number of benzene rings is 2. The fourth-order valence-corrected chi connectivity index (χ4v) is 4.21. The van der Waals surface area contributed by atoms with Crippen LogP contribution in [0.2, 0.25) is 0 Å². The monoisotopic (exact) mass is 418 g/mol. The minimum Gasteiger partial charge on any atom is -0.495 e. The van der Waals surface area contributed by atoms with Gasteiger partial charge in [0.15, 0.2) is 0 Å². The predicted molar refractivity (Wildman–Crippen MR) is 117 cm³/mol. The van der Waals surface area contributed by atoms with Crippen molar-refractivity contribution in [3.8, 4) is 5.75 Å². The van der Waals surface area contributed by atoms with Gasteiger partial charge in [-0.2, -0.15) is 0 Å². The molecule has 0 unspecified atom stereocenters. The summed E-state index contributed by atoms with van der Waals surface area (Å²) in [5.74, 6) is 0.0288. The van der Waals surface area contributed by atoms with Crippen LogP contribution in [0.25, 0.3) is 0 Å². The highest BCUT2D eigenvalue weighted by molar-refractivity contribution is 7.92. The highest BCUT2D eigenvalue weighted by atomic mass is 32.2. The molecule has 0 bridgehead atoms. The first-order valence-corrected chi connectivity index (χ1v) is 11.4. The molecule has 2 rings (SSSR count). The summed E-state index contributed by atoms with van der Waals surface area (Å²) in [4.78, 5) is 12.8. The number of nitrogens with zero attached hydrogens (tertiary/aromatic N) is 1. The van der Waals surface area contributed by atoms with E-state index in [9.17, 15) is 13.2 Å². The van der Waals surface area contributed by atoms with E-state index in [1.165, 1.54) is 7.11 Å². The number of ether oxygens (including phenoxy) is 1. The number of carbonyl (C=O) groups excluding carboxylic acids is 1. The first-order valence-electron chi connectivity index (χ1n) is 9.55. The molecule has 7 heteroatoms. The maximum atomic E-state index is 12.8. The number of hydrogen-bond donors (Lipinski definition) is 1. The van der Waals surface area contributed by atoms with E-state index in [2.05, 4.69) is 11.4 Å². The van der Waals surface area contributed by atoms with Crippen molar-refractivity contribution in [2.24, 2.45) is 0 Å². The summed E-state index contributed by atoms with van der Waals surface area (Å²) in [7, 11) is -2.22. The Morgan fingerprint density at radius 3 is 2.28 bits per heavy atom. The molecule has 0 heterocycles. The number of carbonyl (C=O) groups is 1. The topological polar surface area (TPSA) is 75.7 Å². The molecule has 0 saturated carbocycles. The molecule has 0 aliphatic rings. The van der Waals surface area contributed by atoms with Crippen LogP contribution in [0.5, 0.6) is 5.75 Å². The highest BCUT2D eigenvalue weighted by Crippen LogP contribution is 2.31. The van der Waals surface area contributed by atoms with E-state index in [1.807, 2.05) is 45.9 Å². The van der Waals surface area contributed by atoms with Crippen molar-refractivity contribution >= 4 is 21.6 Å². The van der Waals surface area contributed by atoms with Crippen LogP contribution in [0.4, 0.5) is 5.69 Å². The number of hydrogen-bond acceptors (Lipinski definition) is 4. The molecule has 29 heavy (non-hydrogen) atoms. The molecule has 6 nitrogen and oxygen atoms in total. The van der Waals surface area contributed by atoms with Crippen LogP contribution >= 0.6 is 0 Å². The quantitative estimate of drug-likeness (QED) is 0.710. The van der Waals surface area contributed by atoms with Crippen molar-refractivity contribution in [2.75, 3.05) is 24.2 Å². The van der Waals surface area contributed by atoms with Crippen molar-refractivity contribution in [2.45, 2.75) is 40.2 Å². The van der Waals surface area contributed by atoms with Crippen molar-refractivity contribution in [1.82, 2.24) is 5.32 Å². The van der Waals surface area contributed by atoms with Crippen LogP contribution < -0.4 is 14.4 Å². The van der Waals surface area contributed by atoms with Gasteiger partial charge in [-0.25, -0.2) is 8.42 Å². The van der Waals surface area contributed by atoms with Gasteiger partial charge in [0.25, 0.3) is 0 Å². The van der Waals surface area contributed by atoms with Gasteiger partial charge >= 0.3 is 0 Å². The van der Waals surface area contributed by atoms with Crippen LogP contribution in [0.3, 0.4) is 0 Å². The lowest BCUT2D eigenvalue weighted by Crippen LogP contribution is -2.41. The molecule has 1 atom stereocenters. The average Bonchev–Trinajstić information content (AvgIpc) is 2.63. The molecule has 0 aliphatic carbocycles. The van der Waals surface area contributed by atoms with Gasteiger partial charge in [0, 0.05) is 0 Å². The van der Waals surface area contributed by atoms with Crippen LogP contribution in [0, 0.1) is 20.8 Å². The number of nitrogens with one attached hydrogen (secondary N) is 1. The second-order valence-electron chi connectivity index (χ2n) is 7.33. The Bertz CT molecular complexity index is 986. The van der Waals surface area contributed by atoms with Gasteiger partial charge in [0.05, 0.1) is 25.1 Å². The summed E-state index contributed by atoms with van der Waals surface area (Å²) in [5.41, 5.74) is 4.51. The van der Waals surface area contributed by atoms with Crippen molar-refractivity contribution in [1.29, 1.82) is 0 Å². The second kappa shape index (κ2) is 9.31. The standard InChI is InChI=1S/C22H30N2O4S/c1-7-19(18-10-8-15(2)12-17(18)4)23-22(25)14-24(29(6,26)27)20-13-16(3)9-11-21(20)28-5/h8-13,19H,7,14H2,1-6H3,(H,23,25)/t19-/m0/s1. The fraction of sp³-hybridized carbons (Fsp3) is 0.409. The fourth-order valence-electron chi connectivity index (χ4n) is 3.36. The summed E-state index contributed by atoms with van der Waals surface area (Å²) < 4.78 is 31.3. The van der Waals surface area contributed by atoms with E-state index >= 15 is 0 Å². The van der Waals surface area contributed by atoms with Gasteiger partial charge in [-0.05, 0) is 56.0 Å². The van der Waals surface area contributed by atoms with E-state index in [1.54, 1.807) is 12.1 Å². The van der Waals surface area contributed by atoms with E-state index in [4.69, 9.17) is 4.74 Å². The van der Waals surface area contributed by atoms with Crippen molar-refractivity contribution in [3.63, 3.8) is 0 Å². The highest BCUT2D eigenvalue weighted by Gasteiger charge is 2.25. The summed E-state index contributed by atoms with van der Waals surface area (Å²) in [6.45, 7) is 7.56. The molecule has 1 N–H and O–H groups in total. The molecule has 0 spiro atoms. The van der Waals surface area contributed by atoms with E-state index in [0.717, 1.165) is 32.8 Å². The number of methoxy groups -OCH3 is 1. The van der Waals surface area contributed by atoms with E-state index in [-0.39, 0.29) is 18.5 Å². The van der Waals surface area contributed by atoms with E-state index in [0.29, 0.717) is 17.9 Å². The van der Waals surface area contributed by atoms with Crippen molar-refractivity contribution in [3.05, 3.63) is 58.7 Å². The molecule has 0 radical (unpaired) electrons. The van der Waals surface area contributed by atoms with Gasteiger partial charge < -0.3 is 10.1 Å². The zero-order valence-electron chi connectivity index (χ0n) is 17.9. The Balaban J connectivity index is 2.30. The van der Waals surface area contributed by atoms with Crippen molar-refractivity contribution < 1.29 is 17.9 Å². The molecule has 0 aliphatic heterocycles. The lowest BCUT2D eigenvalue weighted by atomic mass is 9.97. The first-order chi connectivity index (χ1) is 13.6. The van der Waals surface area contributed by atoms with Crippen LogP contribution in [-0.4, -0.2) is 34.2 Å². The zero-order chi connectivity index (χ0) is 21.8. The molecular weight excluding hydrogens is 388 g/mol. The Morgan fingerprint density at radius 1 is 1.10 bits per heavy atom. The van der Waals surface area contributed by atoms with Gasteiger partial charge in [-0.1, -0.05) is 36.8 Å². The molecule has 0 fully saturated rings. The maximum Gasteiger partial charge on any atom is 0.241 e. The van der Waals surface area contributed by atoms with Gasteiger partial charge in [-0.3, -0.25) is 9.10 Å². The number of rotatable bonds is 8. The van der Waals surface area contributed by atoms with Gasteiger partial charge in [0.2, 0.25) is 15.9 Å². The first kappa shape index (κ1) is 22.7. The van der Waals surface area contributed by atoms with Crippen LogP contribution in [0.15, 0.2) is 36.4 Å².